The van der Waals surface area contributed by atoms with E-state index in [1.165, 1.54) is 18.4 Å². The van der Waals surface area contributed by atoms with Gasteiger partial charge in [-0.05, 0) is 63.6 Å². The molecule has 144 valence electrons. The minimum absolute atomic E-state index is 0.0430. The maximum Gasteiger partial charge on any atom is 0.267 e. The molecule has 0 radical (unpaired) electrons. The van der Waals surface area contributed by atoms with Crippen molar-refractivity contribution in [1.82, 2.24) is 9.88 Å². The van der Waals surface area contributed by atoms with Crippen LogP contribution in [0.15, 0.2) is 48.7 Å². The Bertz CT molecular complexity index is 792. The molecule has 27 heavy (non-hydrogen) atoms. The van der Waals surface area contributed by atoms with Gasteiger partial charge in [0.25, 0.3) is 5.91 Å². The molecule has 4 nitrogen and oxygen atoms in total. The van der Waals surface area contributed by atoms with Crippen molar-refractivity contribution in [3.63, 3.8) is 0 Å². The Hall–Kier alpha value is -2.07. The molecule has 0 bridgehead atoms. The van der Waals surface area contributed by atoms with Gasteiger partial charge in [0.1, 0.15) is 5.69 Å². The van der Waals surface area contributed by atoms with Crippen molar-refractivity contribution in [2.24, 2.45) is 0 Å². The summed E-state index contributed by atoms with van der Waals surface area (Å²) in [6.07, 6.45) is 7.29. The molecular weight excluding hydrogens is 336 g/mol. The lowest BCUT2D eigenvalue weighted by atomic mass is 9.67. The van der Waals surface area contributed by atoms with Crippen molar-refractivity contribution in [2.75, 3.05) is 13.2 Å². The molecule has 1 aromatic heterocycles. The molecule has 1 N–H and O–H groups in total. The van der Waals surface area contributed by atoms with Gasteiger partial charge in [-0.1, -0.05) is 30.3 Å². The predicted octanol–water partition coefficient (Wildman–Crippen LogP) is 4.47. The minimum Gasteiger partial charge on any atom is -0.376 e. The van der Waals surface area contributed by atoms with Crippen LogP contribution >= 0.6 is 0 Å². The molecular formula is C23H30N2O2. The van der Waals surface area contributed by atoms with Crippen LogP contribution in [-0.4, -0.2) is 29.2 Å². The SMILES string of the molecule is CC1(C)C[C@@](CCNC(=O)c2cccn2C2CC2)(c2ccccc2)CCO1. The van der Waals surface area contributed by atoms with Gasteiger partial charge in [0.2, 0.25) is 0 Å². The molecule has 2 aromatic rings. The molecule has 1 aromatic carbocycles. The van der Waals surface area contributed by atoms with Crippen LogP contribution in [0.1, 0.15) is 68.0 Å². The van der Waals surface area contributed by atoms with E-state index in [9.17, 15) is 4.79 Å². The van der Waals surface area contributed by atoms with E-state index in [0.29, 0.717) is 12.6 Å². The smallest absolute Gasteiger partial charge is 0.267 e. The van der Waals surface area contributed by atoms with E-state index < -0.39 is 0 Å². The second-order valence-electron chi connectivity index (χ2n) is 8.72. The molecule has 4 rings (SSSR count). The first-order valence-corrected chi connectivity index (χ1v) is 10.1. The number of rotatable bonds is 6. The second-order valence-corrected chi connectivity index (χ2v) is 8.72. The number of benzene rings is 1. The molecule has 0 spiro atoms. The molecule has 1 amide bonds. The Morgan fingerprint density at radius 2 is 1.96 bits per heavy atom. The van der Waals surface area contributed by atoms with Gasteiger partial charge < -0.3 is 14.6 Å². The quantitative estimate of drug-likeness (QED) is 0.820. The molecule has 0 unspecified atom stereocenters. The molecule has 1 aliphatic heterocycles. The van der Waals surface area contributed by atoms with Crippen molar-refractivity contribution in [3.8, 4) is 0 Å². The molecule has 4 heteroatoms. The number of aromatic nitrogens is 1. The fourth-order valence-corrected chi connectivity index (χ4v) is 4.64. The maximum atomic E-state index is 12.7. The van der Waals surface area contributed by atoms with Gasteiger partial charge in [0.15, 0.2) is 0 Å². The Morgan fingerprint density at radius 3 is 2.67 bits per heavy atom. The summed E-state index contributed by atoms with van der Waals surface area (Å²) < 4.78 is 8.11. The number of ether oxygens (including phenoxy) is 1. The first kappa shape index (κ1) is 18.3. The third-order valence-corrected chi connectivity index (χ3v) is 6.06. The standard InChI is InChI=1S/C23H30N2O2/c1-22(2)17-23(13-16-27-22,18-7-4-3-5-8-18)12-14-24-21(26)20-9-6-15-25(20)19-10-11-19/h3-9,15,19H,10-14,16-17H2,1-2H3,(H,24,26)/t23-/m0/s1. The third kappa shape index (κ3) is 3.96. The van der Waals surface area contributed by atoms with Crippen LogP contribution in [0.4, 0.5) is 0 Å². The van der Waals surface area contributed by atoms with Crippen LogP contribution in [0.25, 0.3) is 0 Å². The predicted molar refractivity (Wildman–Crippen MR) is 107 cm³/mol. The highest BCUT2D eigenvalue weighted by Gasteiger charge is 2.41. The molecule has 1 aliphatic carbocycles. The molecule has 2 heterocycles. The van der Waals surface area contributed by atoms with E-state index in [1.54, 1.807) is 0 Å². The molecule has 1 saturated carbocycles. The number of hydrogen-bond donors (Lipinski definition) is 1. The largest absolute Gasteiger partial charge is 0.376 e. The lowest BCUT2D eigenvalue weighted by Crippen LogP contribution is -2.45. The number of hydrogen-bond acceptors (Lipinski definition) is 2. The Labute approximate surface area is 161 Å². The van der Waals surface area contributed by atoms with Crippen molar-refractivity contribution < 1.29 is 9.53 Å². The molecule has 1 atom stereocenters. The highest BCUT2D eigenvalue weighted by Crippen LogP contribution is 2.43. The zero-order valence-corrected chi connectivity index (χ0v) is 16.4. The summed E-state index contributed by atoms with van der Waals surface area (Å²) >= 11 is 0. The van der Waals surface area contributed by atoms with Gasteiger partial charge in [0, 0.05) is 30.8 Å². The van der Waals surface area contributed by atoms with E-state index in [2.05, 4.69) is 54.1 Å². The summed E-state index contributed by atoms with van der Waals surface area (Å²) in [6.45, 7) is 5.79. The summed E-state index contributed by atoms with van der Waals surface area (Å²) in [4.78, 5) is 12.7. The fraction of sp³-hybridized carbons (Fsp3) is 0.522. The number of carbonyl (C=O) groups excluding carboxylic acids is 1. The average Bonchev–Trinajstić information content (AvgIpc) is 3.38. The molecule has 1 saturated heterocycles. The first-order valence-electron chi connectivity index (χ1n) is 10.1. The summed E-state index contributed by atoms with van der Waals surface area (Å²) in [5, 5.41) is 3.18. The van der Waals surface area contributed by atoms with Crippen LogP contribution in [0.5, 0.6) is 0 Å². The highest BCUT2D eigenvalue weighted by molar-refractivity contribution is 5.92. The normalized spacial score (nSPS) is 24.5. The Morgan fingerprint density at radius 1 is 1.19 bits per heavy atom. The third-order valence-electron chi connectivity index (χ3n) is 6.06. The van der Waals surface area contributed by atoms with E-state index >= 15 is 0 Å². The topological polar surface area (TPSA) is 43.3 Å². The molecule has 2 fully saturated rings. The lowest BCUT2D eigenvalue weighted by molar-refractivity contribution is -0.0838. The van der Waals surface area contributed by atoms with Gasteiger partial charge >= 0.3 is 0 Å². The molecule has 2 aliphatic rings. The van der Waals surface area contributed by atoms with Crippen LogP contribution in [0, 0.1) is 0 Å². The van der Waals surface area contributed by atoms with E-state index in [-0.39, 0.29) is 16.9 Å². The number of nitrogens with zero attached hydrogens (tertiary/aromatic N) is 1. The zero-order valence-electron chi connectivity index (χ0n) is 16.4. The first-order chi connectivity index (χ1) is 13.0. The van der Waals surface area contributed by atoms with Crippen molar-refractivity contribution in [1.29, 1.82) is 0 Å². The van der Waals surface area contributed by atoms with Crippen LogP contribution in [0.3, 0.4) is 0 Å². The Balaban J connectivity index is 1.46. The Kier molecular flexibility index (Phi) is 4.85. The van der Waals surface area contributed by atoms with Crippen LogP contribution in [0.2, 0.25) is 0 Å². The summed E-state index contributed by atoms with van der Waals surface area (Å²) in [5.41, 5.74) is 2.06. The van der Waals surface area contributed by atoms with Crippen molar-refractivity contribution in [2.45, 2.75) is 63.0 Å². The van der Waals surface area contributed by atoms with Crippen LogP contribution < -0.4 is 5.32 Å². The number of carbonyl (C=O) groups is 1. The summed E-state index contributed by atoms with van der Waals surface area (Å²) in [6, 6.07) is 15.2. The highest BCUT2D eigenvalue weighted by atomic mass is 16.5. The van der Waals surface area contributed by atoms with Gasteiger partial charge in [-0.2, -0.15) is 0 Å². The van der Waals surface area contributed by atoms with Crippen molar-refractivity contribution >= 4 is 5.91 Å². The zero-order chi connectivity index (χ0) is 18.9. The van der Waals surface area contributed by atoms with Gasteiger partial charge in [0.05, 0.1) is 5.60 Å². The second kappa shape index (κ2) is 7.16. The van der Waals surface area contributed by atoms with Gasteiger partial charge in [-0.15, -0.1) is 0 Å². The van der Waals surface area contributed by atoms with Gasteiger partial charge in [-0.25, -0.2) is 0 Å². The fourth-order valence-electron chi connectivity index (χ4n) is 4.64. The number of amides is 1. The lowest BCUT2D eigenvalue weighted by Gasteiger charge is -2.45. The van der Waals surface area contributed by atoms with E-state index in [4.69, 9.17) is 4.74 Å². The summed E-state index contributed by atoms with van der Waals surface area (Å²) in [5.74, 6) is 0.0430. The van der Waals surface area contributed by atoms with E-state index in [1.807, 2.05) is 18.3 Å². The number of nitrogens with one attached hydrogen (secondary N) is 1. The van der Waals surface area contributed by atoms with Crippen LogP contribution in [-0.2, 0) is 10.2 Å². The van der Waals surface area contributed by atoms with E-state index in [0.717, 1.165) is 31.6 Å². The maximum absolute atomic E-state index is 12.7. The monoisotopic (exact) mass is 366 g/mol. The van der Waals surface area contributed by atoms with Crippen molar-refractivity contribution in [3.05, 3.63) is 59.9 Å². The minimum atomic E-state index is -0.140. The average molecular weight is 367 g/mol. The van der Waals surface area contributed by atoms with Gasteiger partial charge in [-0.3, -0.25) is 4.79 Å². The summed E-state index contributed by atoms with van der Waals surface area (Å²) in [7, 11) is 0.